The molecule has 0 bridgehead atoms. The van der Waals surface area contributed by atoms with Crippen LogP contribution in [0, 0.1) is 0 Å². The molecule has 2 aliphatic carbocycles. The van der Waals surface area contributed by atoms with Crippen LogP contribution in [0.3, 0.4) is 0 Å². The predicted octanol–water partition coefficient (Wildman–Crippen LogP) is -3.22. The van der Waals surface area contributed by atoms with E-state index in [1.165, 1.54) is 12.0 Å². The maximum Gasteiger partial charge on any atom is 0.248 e. The van der Waals surface area contributed by atoms with Gasteiger partial charge >= 0.3 is 0 Å². The van der Waals surface area contributed by atoms with Crippen LogP contribution in [0.1, 0.15) is 38.5 Å². The third kappa shape index (κ3) is 6.91. The maximum absolute atomic E-state index is 12.7. The minimum absolute atomic E-state index is 0.126. The lowest BCUT2D eigenvalue weighted by Crippen LogP contribution is -2.49. The minimum atomic E-state index is -1.35. The number of amides is 3. The Morgan fingerprint density at radius 1 is 0.750 bits per heavy atom. The molecule has 8 unspecified atom stereocenters. The molecular formula is C23H37N3O10. The van der Waals surface area contributed by atoms with Gasteiger partial charge in [-0.3, -0.25) is 14.4 Å². The van der Waals surface area contributed by atoms with Crippen LogP contribution in [0.2, 0.25) is 0 Å². The molecule has 36 heavy (non-hydrogen) atoms. The molecule has 4 aliphatic rings. The second kappa shape index (κ2) is 11.7. The van der Waals surface area contributed by atoms with Gasteiger partial charge in [0.25, 0.3) is 0 Å². The normalized spacial score (nSPS) is 36.0. The van der Waals surface area contributed by atoms with Crippen LogP contribution in [0.25, 0.3) is 0 Å². The quantitative estimate of drug-likeness (QED) is 0.154. The first kappa shape index (κ1) is 27.2. The van der Waals surface area contributed by atoms with Gasteiger partial charge in [-0.1, -0.05) is 0 Å². The molecule has 0 aromatic rings. The first-order valence-electron chi connectivity index (χ1n) is 12.5. The highest BCUT2D eigenvalue weighted by Crippen LogP contribution is 2.28. The summed E-state index contributed by atoms with van der Waals surface area (Å²) in [7, 11) is 1.34. The molecule has 2 saturated heterocycles. The highest BCUT2D eigenvalue weighted by Gasteiger charge is 2.47. The molecule has 3 amide bonds. The third-order valence-corrected chi connectivity index (χ3v) is 7.00. The number of rotatable bonds is 12. The number of nitrogens with one attached hydrogen (secondary N) is 2. The summed E-state index contributed by atoms with van der Waals surface area (Å²) >= 11 is 0. The number of nitrogens with zero attached hydrogens (tertiary/aromatic N) is 1. The summed E-state index contributed by atoms with van der Waals surface area (Å²) in [4.78, 5) is 38.3. The first-order chi connectivity index (χ1) is 17.2. The lowest BCUT2D eigenvalue weighted by Gasteiger charge is -2.29. The minimum Gasteiger partial charge on any atom is -0.388 e. The van der Waals surface area contributed by atoms with Gasteiger partial charge in [0.1, 0.15) is 43.2 Å². The lowest BCUT2D eigenvalue weighted by atomic mass is 10.0. The van der Waals surface area contributed by atoms with Crippen LogP contribution in [-0.4, -0.2) is 131 Å². The van der Waals surface area contributed by atoms with E-state index in [2.05, 4.69) is 10.6 Å². The van der Waals surface area contributed by atoms with Gasteiger partial charge in [0, 0.05) is 32.3 Å². The summed E-state index contributed by atoms with van der Waals surface area (Å²) in [5, 5.41) is 47.5. The summed E-state index contributed by atoms with van der Waals surface area (Å²) in [5.41, 5.74) is 0. The Labute approximate surface area is 209 Å². The predicted molar refractivity (Wildman–Crippen MR) is 121 cm³/mol. The van der Waals surface area contributed by atoms with E-state index in [4.69, 9.17) is 14.2 Å². The number of aliphatic hydroxyl groups excluding tert-OH is 4. The number of hydrogen-bond donors (Lipinski definition) is 6. The highest BCUT2D eigenvalue weighted by molar-refractivity contribution is 5.78. The summed E-state index contributed by atoms with van der Waals surface area (Å²) in [5.74, 6) is -1.05. The third-order valence-electron chi connectivity index (χ3n) is 7.00. The molecule has 0 aromatic heterocycles. The van der Waals surface area contributed by atoms with Crippen molar-refractivity contribution in [2.75, 3.05) is 26.8 Å². The van der Waals surface area contributed by atoms with Crippen LogP contribution >= 0.6 is 0 Å². The van der Waals surface area contributed by atoms with Gasteiger partial charge in [-0.2, -0.15) is 0 Å². The smallest absolute Gasteiger partial charge is 0.248 e. The zero-order valence-corrected chi connectivity index (χ0v) is 20.3. The molecular weight excluding hydrogens is 478 g/mol. The van der Waals surface area contributed by atoms with Crippen LogP contribution in [0.4, 0.5) is 0 Å². The number of aliphatic hydroxyl groups is 4. The molecule has 2 heterocycles. The monoisotopic (exact) mass is 515 g/mol. The van der Waals surface area contributed by atoms with E-state index < -0.39 is 54.7 Å². The molecule has 0 radical (unpaired) electrons. The van der Waals surface area contributed by atoms with Gasteiger partial charge in [-0.15, -0.1) is 0 Å². The van der Waals surface area contributed by atoms with Crippen molar-refractivity contribution in [1.29, 1.82) is 0 Å². The molecule has 204 valence electrons. The van der Waals surface area contributed by atoms with E-state index in [1.807, 2.05) is 0 Å². The highest BCUT2D eigenvalue weighted by atomic mass is 16.6. The van der Waals surface area contributed by atoms with Crippen LogP contribution in [-0.2, 0) is 28.6 Å². The number of methoxy groups -OCH3 is 1. The number of hydrogen-bond acceptors (Lipinski definition) is 10. The van der Waals surface area contributed by atoms with Crippen molar-refractivity contribution in [3.8, 4) is 0 Å². The fraction of sp³-hybridized carbons (Fsp3) is 0.870. The number of carbonyl (C=O) groups excluding carboxylic acids is 3. The van der Waals surface area contributed by atoms with Crippen molar-refractivity contribution in [1.82, 2.24) is 15.5 Å². The Morgan fingerprint density at radius 3 is 1.50 bits per heavy atom. The van der Waals surface area contributed by atoms with E-state index in [-0.39, 0.29) is 56.4 Å². The Balaban J connectivity index is 1.35. The summed E-state index contributed by atoms with van der Waals surface area (Å²) in [6.07, 6.45) is -5.79. The van der Waals surface area contributed by atoms with Gasteiger partial charge in [-0.25, -0.2) is 0 Å². The van der Waals surface area contributed by atoms with Crippen molar-refractivity contribution in [2.45, 2.75) is 99.4 Å². The van der Waals surface area contributed by atoms with E-state index in [0.29, 0.717) is 0 Å². The van der Waals surface area contributed by atoms with Crippen LogP contribution in [0.5, 0.6) is 0 Å². The second-order valence-electron chi connectivity index (χ2n) is 10.2. The number of ether oxygens (including phenoxy) is 3. The van der Waals surface area contributed by atoms with Crippen molar-refractivity contribution in [3.63, 3.8) is 0 Å². The Hall–Kier alpha value is -1.87. The Kier molecular flexibility index (Phi) is 8.81. The summed E-state index contributed by atoms with van der Waals surface area (Å²) in [6, 6.07) is 0.298. The van der Waals surface area contributed by atoms with Gasteiger partial charge in [-0.05, 0) is 25.7 Å². The lowest BCUT2D eigenvalue weighted by molar-refractivity contribution is -0.142. The maximum atomic E-state index is 12.7. The average Bonchev–Trinajstić information content (AvgIpc) is 3.75. The SMILES string of the molecule is COCC(=O)N(CC1OC(CC(=O)NC2CC2)C(O)C1O)CC1OC(CC(=O)NC2CC2)C(O)C1O. The first-order valence-corrected chi connectivity index (χ1v) is 12.5. The number of carbonyl (C=O) groups is 3. The largest absolute Gasteiger partial charge is 0.388 e. The molecule has 4 rings (SSSR count). The van der Waals surface area contributed by atoms with E-state index in [9.17, 15) is 34.8 Å². The Morgan fingerprint density at radius 2 is 1.14 bits per heavy atom. The molecule has 13 heteroatoms. The Bertz CT molecular complexity index is 751. The molecule has 8 atom stereocenters. The molecule has 2 aliphatic heterocycles. The van der Waals surface area contributed by atoms with E-state index in [0.717, 1.165) is 25.7 Å². The zero-order valence-electron chi connectivity index (χ0n) is 20.3. The molecule has 6 N–H and O–H groups in total. The standard InChI is InChI=1S/C23H37N3O10/c1-34-10-19(29)26(8-15-22(32)20(30)13(35-15)6-17(27)24-11-2-3-11)9-16-23(33)21(31)14(36-16)7-18(28)25-12-4-5-12/h11-16,20-23,30-33H,2-10H2,1H3,(H,24,27)(H,25,28). The van der Waals surface area contributed by atoms with Gasteiger partial charge in [0.2, 0.25) is 17.7 Å². The zero-order chi connectivity index (χ0) is 26.0. The van der Waals surface area contributed by atoms with Gasteiger partial charge < -0.3 is 50.2 Å². The second-order valence-corrected chi connectivity index (χ2v) is 10.2. The van der Waals surface area contributed by atoms with E-state index in [1.54, 1.807) is 0 Å². The van der Waals surface area contributed by atoms with Gasteiger partial charge in [0.15, 0.2) is 0 Å². The van der Waals surface area contributed by atoms with Gasteiger partial charge in [0.05, 0.1) is 25.0 Å². The molecule has 2 saturated carbocycles. The fourth-order valence-corrected chi connectivity index (χ4v) is 4.61. The molecule has 13 nitrogen and oxygen atoms in total. The van der Waals surface area contributed by atoms with Crippen LogP contribution in [0.15, 0.2) is 0 Å². The van der Waals surface area contributed by atoms with Crippen molar-refractivity contribution >= 4 is 17.7 Å². The van der Waals surface area contributed by atoms with Crippen LogP contribution < -0.4 is 10.6 Å². The molecule has 0 spiro atoms. The topological polar surface area (TPSA) is 187 Å². The van der Waals surface area contributed by atoms with Crippen molar-refractivity contribution in [3.05, 3.63) is 0 Å². The fourth-order valence-electron chi connectivity index (χ4n) is 4.61. The summed E-state index contributed by atoms with van der Waals surface area (Å²) < 4.78 is 16.4. The van der Waals surface area contributed by atoms with Crippen molar-refractivity contribution in [2.24, 2.45) is 0 Å². The van der Waals surface area contributed by atoms with Crippen molar-refractivity contribution < 1.29 is 49.0 Å². The molecule has 0 aromatic carbocycles. The molecule has 4 fully saturated rings. The average molecular weight is 516 g/mol. The summed E-state index contributed by atoms with van der Waals surface area (Å²) in [6.45, 7) is -0.634. The van der Waals surface area contributed by atoms with E-state index >= 15 is 0 Å².